The summed E-state index contributed by atoms with van der Waals surface area (Å²) in [6.45, 7) is 6.55. The van der Waals surface area contributed by atoms with E-state index >= 15 is 0 Å². The van der Waals surface area contributed by atoms with Crippen molar-refractivity contribution in [3.05, 3.63) is 29.3 Å². The molecule has 0 aliphatic carbocycles. The standard InChI is InChI=1S/C15H23N3O.ClH/c1-4-12-7-5-6-11(2)15(12)17-14(19)10-18(3)13-8-16-9-13;/h5-7,13,16H,4,8-10H2,1-3H3,(H,17,19);1H. The van der Waals surface area contributed by atoms with Gasteiger partial charge in [-0.25, -0.2) is 0 Å². The molecule has 1 fully saturated rings. The molecule has 1 aliphatic rings. The van der Waals surface area contributed by atoms with Crippen LogP contribution in [0.1, 0.15) is 18.1 Å². The first-order chi connectivity index (χ1) is 9.11. The second-order valence-electron chi connectivity index (χ2n) is 5.24. The molecule has 2 rings (SSSR count). The van der Waals surface area contributed by atoms with E-state index in [4.69, 9.17) is 0 Å². The summed E-state index contributed by atoms with van der Waals surface area (Å²) in [5.41, 5.74) is 3.30. The summed E-state index contributed by atoms with van der Waals surface area (Å²) in [6.07, 6.45) is 0.930. The molecule has 112 valence electrons. The van der Waals surface area contributed by atoms with E-state index in [0.717, 1.165) is 30.8 Å². The molecule has 1 saturated heterocycles. The summed E-state index contributed by atoms with van der Waals surface area (Å²) in [5, 5.41) is 6.28. The van der Waals surface area contributed by atoms with Crippen LogP contribution in [0.3, 0.4) is 0 Å². The van der Waals surface area contributed by atoms with Gasteiger partial charge in [-0.1, -0.05) is 25.1 Å². The Balaban J connectivity index is 0.00000200. The number of rotatable bonds is 5. The summed E-state index contributed by atoms with van der Waals surface area (Å²) in [6, 6.07) is 6.64. The van der Waals surface area contributed by atoms with E-state index < -0.39 is 0 Å². The normalized spacial score (nSPS) is 14.6. The minimum Gasteiger partial charge on any atom is -0.324 e. The maximum absolute atomic E-state index is 12.1. The van der Waals surface area contributed by atoms with Crippen LogP contribution in [-0.4, -0.2) is 43.5 Å². The van der Waals surface area contributed by atoms with Crippen molar-refractivity contribution in [2.75, 3.05) is 32.0 Å². The minimum absolute atomic E-state index is 0. The molecule has 0 unspecified atom stereocenters. The average Bonchev–Trinajstić information content (AvgIpc) is 2.29. The zero-order valence-corrected chi connectivity index (χ0v) is 13.2. The highest BCUT2D eigenvalue weighted by Crippen LogP contribution is 2.21. The van der Waals surface area contributed by atoms with Gasteiger partial charge in [0.2, 0.25) is 5.91 Å². The van der Waals surface area contributed by atoms with E-state index in [1.165, 1.54) is 5.56 Å². The van der Waals surface area contributed by atoms with E-state index in [9.17, 15) is 4.79 Å². The fraction of sp³-hybridized carbons (Fsp3) is 0.533. The molecule has 1 aromatic rings. The number of carbonyl (C=O) groups excluding carboxylic acids is 1. The molecule has 2 N–H and O–H groups in total. The molecule has 1 aliphatic heterocycles. The van der Waals surface area contributed by atoms with Crippen LogP contribution in [0.15, 0.2) is 18.2 Å². The van der Waals surface area contributed by atoms with Crippen LogP contribution in [0.4, 0.5) is 5.69 Å². The predicted molar refractivity (Wildman–Crippen MR) is 85.7 cm³/mol. The maximum Gasteiger partial charge on any atom is 0.238 e. The molecule has 0 saturated carbocycles. The van der Waals surface area contributed by atoms with Gasteiger partial charge < -0.3 is 10.6 Å². The molecule has 1 aromatic carbocycles. The molecule has 0 radical (unpaired) electrons. The van der Waals surface area contributed by atoms with Crippen LogP contribution in [-0.2, 0) is 11.2 Å². The highest BCUT2D eigenvalue weighted by atomic mass is 35.5. The Morgan fingerprint density at radius 3 is 2.70 bits per heavy atom. The van der Waals surface area contributed by atoms with Crippen molar-refractivity contribution in [1.82, 2.24) is 10.2 Å². The number of nitrogens with zero attached hydrogens (tertiary/aromatic N) is 1. The first-order valence-electron chi connectivity index (χ1n) is 6.91. The van der Waals surface area contributed by atoms with Crippen molar-refractivity contribution >= 4 is 24.0 Å². The second kappa shape index (κ2) is 7.62. The van der Waals surface area contributed by atoms with Crippen LogP contribution in [0, 0.1) is 6.92 Å². The summed E-state index contributed by atoms with van der Waals surface area (Å²) in [5.74, 6) is 0.0680. The monoisotopic (exact) mass is 297 g/mol. The lowest BCUT2D eigenvalue weighted by Crippen LogP contribution is -2.57. The van der Waals surface area contributed by atoms with E-state index in [2.05, 4.69) is 28.5 Å². The Hall–Kier alpha value is -1.10. The molecule has 1 heterocycles. The van der Waals surface area contributed by atoms with Crippen molar-refractivity contribution in [2.24, 2.45) is 0 Å². The van der Waals surface area contributed by atoms with Gasteiger partial charge in [0, 0.05) is 24.8 Å². The van der Waals surface area contributed by atoms with Crippen LogP contribution in [0.2, 0.25) is 0 Å². The summed E-state index contributed by atoms with van der Waals surface area (Å²) in [7, 11) is 2.00. The fourth-order valence-electron chi connectivity index (χ4n) is 2.32. The lowest BCUT2D eigenvalue weighted by atomic mass is 10.1. The number of para-hydroxylation sites is 1. The number of amides is 1. The molecule has 0 bridgehead atoms. The first-order valence-corrected chi connectivity index (χ1v) is 6.91. The van der Waals surface area contributed by atoms with Crippen LogP contribution >= 0.6 is 12.4 Å². The Labute approximate surface area is 127 Å². The lowest BCUT2D eigenvalue weighted by molar-refractivity contribution is -0.117. The molecule has 0 aromatic heterocycles. The molecule has 0 atom stereocenters. The highest BCUT2D eigenvalue weighted by Gasteiger charge is 2.23. The Kier molecular flexibility index (Phi) is 6.46. The van der Waals surface area contributed by atoms with Gasteiger partial charge in [0.25, 0.3) is 0 Å². The van der Waals surface area contributed by atoms with Gasteiger partial charge in [-0.2, -0.15) is 0 Å². The van der Waals surface area contributed by atoms with E-state index in [1.54, 1.807) is 0 Å². The number of hydrogen-bond acceptors (Lipinski definition) is 3. The van der Waals surface area contributed by atoms with Crippen molar-refractivity contribution in [3.63, 3.8) is 0 Å². The van der Waals surface area contributed by atoms with Gasteiger partial charge >= 0.3 is 0 Å². The second-order valence-corrected chi connectivity index (χ2v) is 5.24. The number of benzene rings is 1. The molecule has 20 heavy (non-hydrogen) atoms. The minimum atomic E-state index is 0. The number of carbonyl (C=O) groups is 1. The van der Waals surface area contributed by atoms with Gasteiger partial charge in [0.05, 0.1) is 6.54 Å². The molecular formula is C15H24ClN3O. The van der Waals surface area contributed by atoms with Crippen molar-refractivity contribution in [3.8, 4) is 0 Å². The molecule has 5 heteroatoms. The zero-order chi connectivity index (χ0) is 13.8. The third-order valence-electron chi connectivity index (χ3n) is 3.78. The Morgan fingerprint density at radius 2 is 2.15 bits per heavy atom. The van der Waals surface area contributed by atoms with Crippen molar-refractivity contribution in [2.45, 2.75) is 26.3 Å². The first kappa shape index (κ1) is 17.0. The van der Waals surface area contributed by atoms with Crippen molar-refractivity contribution in [1.29, 1.82) is 0 Å². The third-order valence-corrected chi connectivity index (χ3v) is 3.78. The number of nitrogens with one attached hydrogen (secondary N) is 2. The smallest absolute Gasteiger partial charge is 0.238 e. The SMILES string of the molecule is CCc1cccc(C)c1NC(=O)CN(C)C1CNC1.Cl. The van der Waals surface area contributed by atoms with E-state index in [-0.39, 0.29) is 18.3 Å². The number of aryl methyl sites for hydroxylation is 2. The summed E-state index contributed by atoms with van der Waals surface area (Å²) >= 11 is 0. The van der Waals surface area contributed by atoms with Gasteiger partial charge in [0.15, 0.2) is 0 Å². The quantitative estimate of drug-likeness (QED) is 0.871. The van der Waals surface area contributed by atoms with Gasteiger partial charge in [-0.05, 0) is 31.5 Å². The lowest BCUT2D eigenvalue weighted by Gasteiger charge is -2.35. The predicted octanol–water partition coefficient (Wildman–Crippen LogP) is 1.82. The zero-order valence-electron chi connectivity index (χ0n) is 12.4. The van der Waals surface area contributed by atoms with Crippen LogP contribution < -0.4 is 10.6 Å². The van der Waals surface area contributed by atoms with Crippen LogP contribution in [0.25, 0.3) is 0 Å². The fourth-order valence-corrected chi connectivity index (χ4v) is 2.32. The van der Waals surface area contributed by atoms with Gasteiger partial charge in [-0.15, -0.1) is 12.4 Å². The molecular weight excluding hydrogens is 274 g/mol. The average molecular weight is 298 g/mol. The van der Waals surface area contributed by atoms with Crippen molar-refractivity contribution < 1.29 is 4.79 Å². The number of hydrogen-bond donors (Lipinski definition) is 2. The van der Waals surface area contributed by atoms with E-state index in [1.807, 2.05) is 26.1 Å². The Morgan fingerprint density at radius 1 is 1.45 bits per heavy atom. The number of anilines is 1. The van der Waals surface area contributed by atoms with Crippen LogP contribution in [0.5, 0.6) is 0 Å². The maximum atomic E-state index is 12.1. The van der Waals surface area contributed by atoms with Gasteiger partial charge in [0.1, 0.15) is 0 Å². The van der Waals surface area contributed by atoms with Gasteiger partial charge in [-0.3, -0.25) is 9.69 Å². The highest BCUT2D eigenvalue weighted by molar-refractivity contribution is 5.93. The topological polar surface area (TPSA) is 44.4 Å². The molecule has 4 nitrogen and oxygen atoms in total. The third kappa shape index (κ3) is 3.95. The summed E-state index contributed by atoms with van der Waals surface area (Å²) in [4.78, 5) is 14.2. The molecule has 1 amide bonds. The Bertz CT molecular complexity index is 460. The number of halogens is 1. The van der Waals surface area contributed by atoms with E-state index in [0.29, 0.717) is 12.6 Å². The molecule has 0 spiro atoms. The largest absolute Gasteiger partial charge is 0.324 e. The summed E-state index contributed by atoms with van der Waals surface area (Å²) < 4.78 is 0. The number of likely N-dealkylation sites (N-methyl/N-ethyl adjacent to an activating group) is 1.